The molecule has 0 nitrogen and oxygen atoms in total. The lowest BCUT2D eigenvalue weighted by molar-refractivity contribution is 0.286. The van der Waals surface area contributed by atoms with Gasteiger partial charge < -0.3 is 0 Å². The highest BCUT2D eigenvalue weighted by molar-refractivity contribution is 4.66. The van der Waals surface area contributed by atoms with Gasteiger partial charge >= 0.3 is 0 Å². The van der Waals surface area contributed by atoms with Crippen LogP contribution in [0.1, 0.15) is 80.1 Å². The zero-order valence-electron chi connectivity index (χ0n) is 12.6. The molecule has 0 aliphatic rings. The summed E-state index contributed by atoms with van der Waals surface area (Å²) in [6.45, 7) is 14.2. The van der Waals surface area contributed by atoms with Crippen LogP contribution in [0.4, 0.5) is 0 Å². The molecule has 98 valence electrons. The quantitative estimate of drug-likeness (QED) is 0.458. The third kappa shape index (κ3) is 6.55. The molecule has 0 rings (SSSR count). The van der Waals surface area contributed by atoms with Crippen LogP contribution in [0.5, 0.6) is 0 Å². The summed E-state index contributed by atoms with van der Waals surface area (Å²) in [5.74, 6) is 3.66. The lowest BCUT2D eigenvalue weighted by Crippen LogP contribution is -2.11. The van der Waals surface area contributed by atoms with Crippen molar-refractivity contribution in [2.75, 3.05) is 0 Å². The summed E-state index contributed by atoms with van der Waals surface area (Å²) < 4.78 is 0. The molecule has 0 spiro atoms. The Balaban J connectivity index is 3.83. The molecule has 0 aromatic carbocycles. The van der Waals surface area contributed by atoms with Gasteiger partial charge in [0.05, 0.1) is 0 Å². The van der Waals surface area contributed by atoms with E-state index < -0.39 is 0 Å². The fraction of sp³-hybridized carbons (Fsp3) is 1.00. The maximum Gasteiger partial charge on any atom is -0.0391 e. The van der Waals surface area contributed by atoms with E-state index in [2.05, 4.69) is 41.5 Å². The largest absolute Gasteiger partial charge is 0.0654 e. The molecule has 0 bridgehead atoms. The molecular formula is C16H34. The second-order valence-electron chi connectivity index (χ2n) is 6.14. The van der Waals surface area contributed by atoms with Crippen LogP contribution in [0.3, 0.4) is 0 Å². The van der Waals surface area contributed by atoms with Crippen LogP contribution >= 0.6 is 0 Å². The smallest absolute Gasteiger partial charge is 0.0391 e. The highest BCUT2D eigenvalue weighted by atomic mass is 14.2. The summed E-state index contributed by atoms with van der Waals surface area (Å²) in [5, 5.41) is 0. The molecule has 0 N–H and O–H groups in total. The van der Waals surface area contributed by atoms with Crippen molar-refractivity contribution in [3.63, 3.8) is 0 Å². The molecule has 0 saturated carbocycles. The van der Waals surface area contributed by atoms with E-state index in [0.717, 1.165) is 23.7 Å². The summed E-state index contributed by atoms with van der Waals surface area (Å²) in [6, 6.07) is 0. The predicted octanol–water partition coefficient (Wildman–Crippen LogP) is 5.91. The Labute approximate surface area is 104 Å². The summed E-state index contributed by atoms with van der Waals surface area (Å²) in [7, 11) is 0. The molecule has 0 fully saturated rings. The van der Waals surface area contributed by atoms with Gasteiger partial charge in [-0.25, -0.2) is 0 Å². The first kappa shape index (κ1) is 16.0. The topological polar surface area (TPSA) is 0 Å². The molecule has 0 radical (unpaired) electrons. The SMILES string of the molecule is CCCC(CCCC(CC)C(C)C)C(C)C. The maximum absolute atomic E-state index is 2.39. The standard InChI is InChI=1S/C16H34/c1-7-10-16(14(5)6)12-9-11-15(8-2)13(3)4/h13-16H,7-12H2,1-6H3. The first-order chi connectivity index (χ1) is 7.52. The Morgan fingerprint density at radius 3 is 1.56 bits per heavy atom. The second kappa shape index (κ2) is 9.07. The van der Waals surface area contributed by atoms with Crippen molar-refractivity contribution in [2.24, 2.45) is 23.7 Å². The zero-order valence-corrected chi connectivity index (χ0v) is 12.6. The van der Waals surface area contributed by atoms with Crippen LogP contribution in [-0.2, 0) is 0 Å². The van der Waals surface area contributed by atoms with Gasteiger partial charge in [-0.15, -0.1) is 0 Å². The van der Waals surface area contributed by atoms with Crippen LogP contribution in [0.15, 0.2) is 0 Å². The number of hydrogen-bond donors (Lipinski definition) is 0. The van der Waals surface area contributed by atoms with Crippen molar-refractivity contribution in [3.05, 3.63) is 0 Å². The van der Waals surface area contributed by atoms with E-state index >= 15 is 0 Å². The monoisotopic (exact) mass is 226 g/mol. The molecule has 0 heterocycles. The minimum Gasteiger partial charge on any atom is -0.0654 e. The lowest BCUT2D eigenvalue weighted by atomic mass is 9.83. The van der Waals surface area contributed by atoms with E-state index in [1.165, 1.54) is 38.5 Å². The van der Waals surface area contributed by atoms with Gasteiger partial charge in [0.15, 0.2) is 0 Å². The minimum atomic E-state index is 0.869. The fourth-order valence-electron chi connectivity index (χ4n) is 2.83. The van der Waals surface area contributed by atoms with Gasteiger partial charge in [0.25, 0.3) is 0 Å². The van der Waals surface area contributed by atoms with Gasteiger partial charge in [-0.1, -0.05) is 80.1 Å². The Morgan fingerprint density at radius 1 is 0.688 bits per heavy atom. The van der Waals surface area contributed by atoms with Gasteiger partial charge in [0.2, 0.25) is 0 Å². The van der Waals surface area contributed by atoms with E-state index in [1.807, 2.05) is 0 Å². The van der Waals surface area contributed by atoms with E-state index in [1.54, 1.807) is 0 Å². The van der Waals surface area contributed by atoms with E-state index in [-0.39, 0.29) is 0 Å². The predicted molar refractivity (Wildman–Crippen MR) is 75.7 cm³/mol. The summed E-state index contributed by atoms with van der Waals surface area (Å²) in [6.07, 6.45) is 8.48. The van der Waals surface area contributed by atoms with Crippen molar-refractivity contribution >= 4 is 0 Å². The van der Waals surface area contributed by atoms with Crippen LogP contribution in [0.2, 0.25) is 0 Å². The van der Waals surface area contributed by atoms with Crippen LogP contribution in [0, 0.1) is 23.7 Å². The second-order valence-corrected chi connectivity index (χ2v) is 6.14. The zero-order chi connectivity index (χ0) is 12.6. The van der Waals surface area contributed by atoms with Gasteiger partial charge in [0.1, 0.15) is 0 Å². The van der Waals surface area contributed by atoms with Gasteiger partial charge in [-0.2, -0.15) is 0 Å². The Morgan fingerprint density at radius 2 is 1.19 bits per heavy atom. The van der Waals surface area contributed by atoms with E-state index in [4.69, 9.17) is 0 Å². The fourth-order valence-corrected chi connectivity index (χ4v) is 2.83. The van der Waals surface area contributed by atoms with Gasteiger partial charge in [-0.3, -0.25) is 0 Å². The van der Waals surface area contributed by atoms with Crippen LogP contribution < -0.4 is 0 Å². The number of hydrogen-bond acceptors (Lipinski definition) is 0. The molecule has 0 saturated heterocycles. The summed E-state index contributed by atoms with van der Waals surface area (Å²) in [4.78, 5) is 0. The first-order valence-electron chi connectivity index (χ1n) is 7.52. The van der Waals surface area contributed by atoms with E-state index in [0.29, 0.717) is 0 Å². The molecule has 2 atom stereocenters. The van der Waals surface area contributed by atoms with Gasteiger partial charge in [-0.05, 0) is 23.7 Å². The van der Waals surface area contributed by atoms with E-state index in [9.17, 15) is 0 Å². The Hall–Kier alpha value is 0. The van der Waals surface area contributed by atoms with Crippen molar-refractivity contribution in [3.8, 4) is 0 Å². The molecule has 0 amide bonds. The van der Waals surface area contributed by atoms with Crippen LogP contribution in [-0.4, -0.2) is 0 Å². The molecule has 2 unspecified atom stereocenters. The molecule has 16 heavy (non-hydrogen) atoms. The van der Waals surface area contributed by atoms with Crippen molar-refractivity contribution in [2.45, 2.75) is 80.1 Å². The highest BCUT2D eigenvalue weighted by Gasteiger charge is 2.15. The third-order valence-electron chi connectivity index (χ3n) is 4.22. The first-order valence-corrected chi connectivity index (χ1v) is 7.52. The molecular weight excluding hydrogens is 192 g/mol. The average Bonchev–Trinajstić information content (AvgIpc) is 2.21. The summed E-state index contributed by atoms with van der Waals surface area (Å²) >= 11 is 0. The van der Waals surface area contributed by atoms with Crippen molar-refractivity contribution in [1.82, 2.24) is 0 Å². The molecule has 0 aliphatic carbocycles. The van der Waals surface area contributed by atoms with Crippen molar-refractivity contribution < 1.29 is 0 Å². The minimum absolute atomic E-state index is 0.869. The summed E-state index contributed by atoms with van der Waals surface area (Å²) in [5.41, 5.74) is 0. The molecule has 0 heteroatoms. The third-order valence-corrected chi connectivity index (χ3v) is 4.22. The van der Waals surface area contributed by atoms with Gasteiger partial charge in [0, 0.05) is 0 Å². The lowest BCUT2D eigenvalue weighted by Gasteiger charge is -2.23. The normalized spacial score (nSPS) is 15.8. The maximum atomic E-state index is 2.39. The molecule has 0 aromatic heterocycles. The average molecular weight is 226 g/mol. The molecule has 0 aromatic rings. The Kier molecular flexibility index (Phi) is 9.07. The van der Waals surface area contributed by atoms with Crippen LogP contribution in [0.25, 0.3) is 0 Å². The number of rotatable bonds is 9. The molecule has 0 aliphatic heterocycles. The highest BCUT2D eigenvalue weighted by Crippen LogP contribution is 2.27. The van der Waals surface area contributed by atoms with Crippen molar-refractivity contribution in [1.29, 1.82) is 0 Å². The Bertz CT molecular complexity index is 146.